The molecule has 1 aromatic carbocycles. The van der Waals surface area contributed by atoms with Crippen LogP contribution in [-0.4, -0.2) is 18.8 Å². The third-order valence-electron chi connectivity index (χ3n) is 1.51. The molecule has 0 saturated heterocycles. The molecule has 0 saturated carbocycles. The average Bonchev–Trinajstić information content (AvgIpc) is 2.16. The zero-order valence-corrected chi connectivity index (χ0v) is 8.31. The van der Waals surface area contributed by atoms with Gasteiger partial charge < -0.3 is 0 Å². The second-order valence-corrected chi connectivity index (χ2v) is 2.77. The number of ether oxygens (including phenoxy) is 2. The summed E-state index contributed by atoms with van der Waals surface area (Å²) >= 11 is 2.83. The van der Waals surface area contributed by atoms with E-state index in [9.17, 15) is 0 Å². The van der Waals surface area contributed by atoms with Crippen molar-refractivity contribution in [3.05, 3.63) is 29.8 Å². The molecule has 0 unspecified atom stereocenters. The van der Waals surface area contributed by atoms with Crippen LogP contribution >= 0.6 is 0 Å². The molecule has 0 bridgehead atoms. The first-order valence-corrected chi connectivity index (χ1v) is 4.14. The molecular weight excluding hydrogens is 192 g/mol. The summed E-state index contributed by atoms with van der Waals surface area (Å²) in [6.07, 6.45) is 0. The number of rotatable bonds is 3. The minimum absolute atomic E-state index is 0.743. The van der Waals surface area contributed by atoms with Crippen molar-refractivity contribution < 1.29 is 25.3 Å². The van der Waals surface area contributed by atoms with Gasteiger partial charge in [-0.2, -0.15) is 0 Å². The van der Waals surface area contributed by atoms with Crippen LogP contribution in [0.25, 0.3) is 0 Å². The van der Waals surface area contributed by atoms with E-state index in [1.165, 1.54) is 0 Å². The number of benzene rings is 1. The first kappa shape index (κ1) is 9.47. The maximum atomic E-state index is 5.15. The number of methoxy groups -OCH3 is 2. The van der Waals surface area contributed by atoms with Crippen molar-refractivity contribution in [3.8, 4) is 5.75 Å². The SMILES string of the molecule is CO[C](=[Cr])c1ccccc1OC. The second kappa shape index (κ2) is 4.42. The molecule has 0 heterocycles. The average molecular weight is 202 g/mol. The van der Waals surface area contributed by atoms with Crippen molar-refractivity contribution in [2.24, 2.45) is 0 Å². The molecule has 0 fully saturated rings. The molecular formula is C9H10CrO2. The first-order valence-electron chi connectivity index (χ1n) is 3.51. The molecule has 0 aliphatic rings. The van der Waals surface area contributed by atoms with Crippen LogP contribution < -0.4 is 4.74 Å². The Hall–Kier alpha value is -0.618. The Morgan fingerprint density at radius 2 is 1.92 bits per heavy atom. The van der Waals surface area contributed by atoms with Gasteiger partial charge in [0, 0.05) is 0 Å². The van der Waals surface area contributed by atoms with Gasteiger partial charge >= 0.3 is 79.7 Å². The van der Waals surface area contributed by atoms with E-state index in [2.05, 4.69) is 15.9 Å². The van der Waals surface area contributed by atoms with E-state index in [1.807, 2.05) is 24.3 Å². The van der Waals surface area contributed by atoms with Crippen LogP contribution in [0.4, 0.5) is 0 Å². The van der Waals surface area contributed by atoms with E-state index in [-0.39, 0.29) is 0 Å². The molecule has 0 radical (unpaired) electrons. The van der Waals surface area contributed by atoms with Crippen LogP contribution in [0.3, 0.4) is 0 Å². The zero-order valence-electron chi connectivity index (χ0n) is 7.03. The Bertz CT molecular complexity index is 284. The van der Waals surface area contributed by atoms with Gasteiger partial charge in [0.25, 0.3) is 0 Å². The van der Waals surface area contributed by atoms with Crippen molar-refractivity contribution in [3.63, 3.8) is 0 Å². The normalized spacial score (nSPS) is 9.50. The molecule has 64 valence electrons. The van der Waals surface area contributed by atoms with Crippen molar-refractivity contribution in [2.45, 2.75) is 0 Å². The van der Waals surface area contributed by atoms with Crippen LogP contribution in [0.15, 0.2) is 24.3 Å². The van der Waals surface area contributed by atoms with Gasteiger partial charge in [0.1, 0.15) is 0 Å². The van der Waals surface area contributed by atoms with Crippen molar-refractivity contribution >= 4 is 4.57 Å². The van der Waals surface area contributed by atoms with Gasteiger partial charge in [0.2, 0.25) is 0 Å². The Morgan fingerprint density at radius 3 is 2.50 bits per heavy atom. The summed E-state index contributed by atoms with van der Waals surface area (Å²) < 4.78 is 11.0. The molecule has 0 N–H and O–H groups in total. The predicted molar refractivity (Wildman–Crippen MR) is 44.1 cm³/mol. The summed E-state index contributed by atoms with van der Waals surface area (Å²) in [5.74, 6) is 0.813. The molecule has 0 aromatic heterocycles. The summed E-state index contributed by atoms with van der Waals surface area (Å²) in [6.45, 7) is 0. The van der Waals surface area contributed by atoms with Crippen LogP contribution in [0.5, 0.6) is 5.75 Å². The van der Waals surface area contributed by atoms with E-state index in [1.54, 1.807) is 14.2 Å². The molecule has 0 spiro atoms. The molecule has 12 heavy (non-hydrogen) atoms. The Morgan fingerprint density at radius 1 is 1.25 bits per heavy atom. The van der Waals surface area contributed by atoms with Crippen LogP contribution in [0.2, 0.25) is 0 Å². The van der Waals surface area contributed by atoms with E-state index in [0.29, 0.717) is 0 Å². The molecule has 2 nitrogen and oxygen atoms in total. The maximum absolute atomic E-state index is 5.15. The third-order valence-corrected chi connectivity index (χ3v) is 2.12. The van der Waals surface area contributed by atoms with Crippen molar-refractivity contribution in [1.29, 1.82) is 0 Å². The quantitative estimate of drug-likeness (QED) is 0.736. The fraction of sp³-hybridized carbons (Fsp3) is 0.222. The summed E-state index contributed by atoms with van der Waals surface area (Å²) in [4.78, 5) is 0. The zero-order chi connectivity index (χ0) is 8.97. The van der Waals surface area contributed by atoms with E-state index in [0.717, 1.165) is 15.9 Å². The topological polar surface area (TPSA) is 18.5 Å². The summed E-state index contributed by atoms with van der Waals surface area (Å²) in [5.41, 5.74) is 0.947. The Balaban J connectivity index is 3.04. The van der Waals surface area contributed by atoms with E-state index in [4.69, 9.17) is 9.47 Å². The molecule has 0 amide bonds. The molecule has 0 aliphatic heterocycles. The van der Waals surface area contributed by atoms with Gasteiger partial charge in [-0.1, -0.05) is 0 Å². The summed E-state index contributed by atoms with van der Waals surface area (Å²) in [6, 6.07) is 7.69. The summed E-state index contributed by atoms with van der Waals surface area (Å²) in [5, 5.41) is 0. The van der Waals surface area contributed by atoms with E-state index >= 15 is 0 Å². The van der Waals surface area contributed by atoms with Crippen LogP contribution in [-0.2, 0) is 20.6 Å². The predicted octanol–water partition coefficient (Wildman–Crippen LogP) is 1.37. The third kappa shape index (κ3) is 1.95. The molecule has 1 aromatic rings. The monoisotopic (exact) mass is 202 g/mol. The molecule has 1 rings (SSSR count). The van der Waals surface area contributed by atoms with Crippen LogP contribution in [0.1, 0.15) is 5.56 Å². The fourth-order valence-electron chi connectivity index (χ4n) is 0.923. The number of hydrogen-bond acceptors (Lipinski definition) is 2. The van der Waals surface area contributed by atoms with Gasteiger partial charge in [-0.3, -0.25) is 0 Å². The first-order chi connectivity index (χ1) is 5.79. The Labute approximate surface area is 80.1 Å². The van der Waals surface area contributed by atoms with Crippen molar-refractivity contribution in [1.82, 2.24) is 0 Å². The van der Waals surface area contributed by atoms with Gasteiger partial charge in [0.05, 0.1) is 0 Å². The number of para-hydroxylation sites is 1. The van der Waals surface area contributed by atoms with Gasteiger partial charge in [-0.15, -0.1) is 0 Å². The van der Waals surface area contributed by atoms with Gasteiger partial charge in [0.15, 0.2) is 0 Å². The van der Waals surface area contributed by atoms with E-state index < -0.39 is 0 Å². The molecule has 3 heteroatoms. The standard InChI is InChI=1S/C9H10O2.Cr/c1-10-7-8-5-3-4-6-9(8)11-2;/h3-6H,1-2H3;. The molecule has 0 aliphatic carbocycles. The fourth-order valence-corrected chi connectivity index (χ4v) is 1.19. The van der Waals surface area contributed by atoms with Gasteiger partial charge in [-0.25, -0.2) is 0 Å². The second-order valence-electron chi connectivity index (χ2n) is 2.19. The number of hydrogen-bond donors (Lipinski definition) is 0. The van der Waals surface area contributed by atoms with Gasteiger partial charge in [-0.05, 0) is 0 Å². The minimum atomic E-state index is 0.743. The summed E-state index contributed by atoms with van der Waals surface area (Å²) in [7, 11) is 3.26. The molecule has 0 atom stereocenters. The Kier molecular flexibility index (Phi) is 3.49. The van der Waals surface area contributed by atoms with Crippen molar-refractivity contribution in [2.75, 3.05) is 14.2 Å². The van der Waals surface area contributed by atoms with Crippen LogP contribution in [0, 0.1) is 0 Å².